The lowest BCUT2D eigenvalue weighted by Crippen LogP contribution is -2.29. The van der Waals surface area contributed by atoms with Crippen LogP contribution in [-0.4, -0.2) is 12.9 Å². The van der Waals surface area contributed by atoms with Crippen LogP contribution in [0.1, 0.15) is 44.6 Å². The monoisotopic (exact) mass is 271 g/mol. The van der Waals surface area contributed by atoms with Gasteiger partial charge >= 0.3 is 0 Å². The summed E-state index contributed by atoms with van der Waals surface area (Å²) < 4.78 is 5.29. The molecule has 1 aromatic rings. The summed E-state index contributed by atoms with van der Waals surface area (Å²) in [5.74, 6) is -0.103. The van der Waals surface area contributed by atoms with E-state index in [9.17, 15) is 10.1 Å². The second kappa shape index (κ2) is 5.66. The van der Waals surface area contributed by atoms with E-state index in [2.05, 4.69) is 19.9 Å². The van der Waals surface area contributed by atoms with Crippen LogP contribution in [0.3, 0.4) is 0 Å². The summed E-state index contributed by atoms with van der Waals surface area (Å²) in [6, 6.07) is 9.48. The Morgan fingerprint density at radius 3 is 2.70 bits per heavy atom. The van der Waals surface area contributed by atoms with Crippen molar-refractivity contribution in [3.05, 3.63) is 29.8 Å². The largest absolute Gasteiger partial charge is 0.496 e. The van der Waals surface area contributed by atoms with E-state index in [1.165, 1.54) is 0 Å². The van der Waals surface area contributed by atoms with E-state index in [0.29, 0.717) is 11.3 Å². The van der Waals surface area contributed by atoms with Crippen LogP contribution in [0.25, 0.3) is 0 Å². The summed E-state index contributed by atoms with van der Waals surface area (Å²) in [6.07, 6.45) is 3.00. The SMILES string of the molecule is COc1ccccc1C(C#N)C(=O)C1CCCC1(C)C. The molecule has 1 aliphatic carbocycles. The third-order valence-corrected chi connectivity index (χ3v) is 4.46. The maximum Gasteiger partial charge on any atom is 0.158 e. The summed E-state index contributed by atoms with van der Waals surface area (Å²) in [7, 11) is 1.57. The zero-order chi connectivity index (χ0) is 14.8. The van der Waals surface area contributed by atoms with Crippen molar-refractivity contribution >= 4 is 5.78 Å². The summed E-state index contributed by atoms with van der Waals surface area (Å²) >= 11 is 0. The molecule has 2 atom stereocenters. The van der Waals surface area contributed by atoms with Gasteiger partial charge in [0.15, 0.2) is 5.78 Å². The molecule has 3 nitrogen and oxygen atoms in total. The molecule has 0 aliphatic heterocycles. The van der Waals surface area contributed by atoms with Gasteiger partial charge in [-0.25, -0.2) is 0 Å². The van der Waals surface area contributed by atoms with Gasteiger partial charge in [0.05, 0.1) is 13.2 Å². The molecule has 0 heterocycles. The Hall–Kier alpha value is -1.82. The van der Waals surface area contributed by atoms with Gasteiger partial charge in [-0.3, -0.25) is 4.79 Å². The van der Waals surface area contributed by atoms with Crippen LogP contribution in [0.5, 0.6) is 5.75 Å². The minimum absolute atomic E-state index is 0.00576. The number of para-hydroxylation sites is 1. The highest BCUT2D eigenvalue weighted by Gasteiger charge is 2.42. The summed E-state index contributed by atoms with van der Waals surface area (Å²) in [5.41, 5.74) is 0.680. The van der Waals surface area contributed by atoms with Gasteiger partial charge in [0.1, 0.15) is 11.7 Å². The predicted octanol–water partition coefficient (Wildman–Crippen LogP) is 3.70. The van der Waals surface area contributed by atoms with E-state index < -0.39 is 5.92 Å². The van der Waals surface area contributed by atoms with Crippen LogP contribution in [0.15, 0.2) is 24.3 Å². The van der Waals surface area contributed by atoms with Gasteiger partial charge in [0, 0.05) is 11.5 Å². The molecule has 1 saturated carbocycles. The van der Waals surface area contributed by atoms with E-state index >= 15 is 0 Å². The molecule has 0 amide bonds. The Labute approximate surface area is 120 Å². The summed E-state index contributed by atoms with van der Waals surface area (Å²) in [4.78, 5) is 12.8. The first kappa shape index (κ1) is 14.6. The summed E-state index contributed by atoms with van der Waals surface area (Å²) in [5, 5.41) is 9.47. The van der Waals surface area contributed by atoms with Crippen molar-refractivity contribution in [2.75, 3.05) is 7.11 Å². The lowest BCUT2D eigenvalue weighted by atomic mass is 9.75. The topological polar surface area (TPSA) is 50.1 Å². The van der Waals surface area contributed by atoms with Gasteiger partial charge in [0.25, 0.3) is 0 Å². The Morgan fingerprint density at radius 2 is 2.15 bits per heavy atom. The quantitative estimate of drug-likeness (QED) is 0.839. The minimum Gasteiger partial charge on any atom is -0.496 e. The zero-order valence-corrected chi connectivity index (χ0v) is 12.3. The minimum atomic E-state index is -0.728. The number of nitriles is 1. The van der Waals surface area contributed by atoms with Crippen LogP contribution >= 0.6 is 0 Å². The number of ketones is 1. The standard InChI is InChI=1S/C17H21NO2/c1-17(2)10-6-8-14(17)16(19)13(11-18)12-7-4-5-9-15(12)20-3/h4-5,7,9,13-14H,6,8,10H2,1-3H3. The number of methoxy groups -OCH3 is 1. The summed E-state index contributed by atoms with van der Waals surface area (Å²) in [6.45, 7) is 4.25. The molecular weight excluding hydrogens is 250 g/mol. The van der Waals surface area contributed by atoms with Crippen LogP contribution in [0.4, 0.5) is 0 Å². The van der Waals surface area contributed by atoms with Gasteiger partial charge in [-0.15, -0.1) is 0 Å². The molecule has 0 bridgehead atoms. The van der Waals surface area contributed by atoms with Crippen LogP contribution in [0, 0.1) is 22.7 Å². The van der Waals surface area contributed by atoms with Gasteiger partial charge in [-0.1, -0.05) is 38.5 Å². The molecule has 106 valence electrons. The van der Waals surface area contributed by atoms with Crippen molar-refractivity contribution in [1.82, 2.24) is 0 Å². The smallest absolute Gasteiger partial charge is 0.158 e. The van der Waals surface area contributed by atoms with Crippen molar-refractivity contribution < 1.29 is 9.53 Å². The number of benzene rings is 1. The van der Waals surface area contributed by atoms with Crippen LogP contribution < -0.4 is 4.74 Å². The number of Topliss-reactive ketones (excluding diaryl/α,β-unsaturated/α-hetero) is 1. The van der Waals surface area contributed by atoms with E-state index in [-0.39, 0.29) is 17.1 Å². The van der Waals surface area contributed by atoms with Crippen LogP contribution in [-0.2, 0) is 4.79 Å². The molecule has 1 fully saturated rings. The lowest BCUT2D eigenvalue weighted by molar-refractivity contribution is -0.125. The fourth-order valence-corrected chi connectivity index (χ4v) is 3.25. The predicted molar refractivity (Wildman–Crippen MR) is 77.5 cm³/mol. The van der Waals surface area contributed by atoms with Crippen molar-refractivity contribution in [2.45, 2.75) is 39.0 Å². The van der Waals surface area contributed by atoms with Gasteiger partial charge in [0.2, 0.25) is 0 Å². The van der Waals surface area contributed by atoms with E-state index in [4.69, 9.17) is 4.74 Å². The molecule has 2 rings (SSSR count). The van der Waals surface area contributed by atoms with Gasteiger partial charge < -0.3 is 4.74 Å². The van der Waals surface area contributed by atoms with Crippen molar-refractivity contribution in [3.63, 3.8) is 0 Å². The Balaban J connectivity index is 2.34. The number of nitrogens with zero attached hydrogens (tertiary/aromatic N) is 1. The highest BCUT2D eigenvalue weighted by atomic mass is 16.5. The fourth-order valence-electron chi connectivity index (χ4n) is 3.25. The van der Waals surface area contributed by atoms with E-state index in [1.54, 1.807) is 13.2 Å². The molecule has 2 unspecified atom stereocenters. The molecule has 20 heavy (non-hydrogen) atoms. The average Bonchev–Trinajstić information content (AvgIpc) is 2.79. The molecule has 1 aliphatic rings. The second-order valence-electron chi connectivity index (χ2n) is 6.14. The number of carbonyl (C=O) groups excluding carboxylic acids is 1. The second-order valence-corrected chi connectivity index (χ2v) is 6.14. The molecule has 0 spiro atoms. The molecule has 1 aromatic carbocycles. The zero-order valence-electron chi connectivity index (χ0n) is 12.3. The Bertz CT molecular complexity index is 542. The molecule has 0 radical (unpaired) electrons. The van der Waals surface area contributed by atoms with Crippen molar-refractivity contribution in [1.29, 1.82) is 5.26 Å². The average molecular weight is 271 g/mol. The van der Waals surface area contributed by atoms with Crippen molar-refractivity contribution in [2.24, 2.45) is 11.3 Å². The first-order valence-corrected chi connectivity index (χ1v) is 7.07. The first-order valence-electron chi connectivity index (χ1n) is 7.07. The third-order valence-electron chi connectivity index (χ3n) is 4.46. The number of carbonyl (C=O) groups is 1. The van der Waals surface area contributed by atoms with E-state index in [1.807, 2.05) is 18.2 Å². The molecule has 0 aromatic heterocycles. The van der Waals surface area contributed by atoms with Gasteiger partial charge in [-0.2, -0.15) is 5.26 Å². The number of rotatable bonds is 4. The van der Waals surface area contributed by atoms with Gasteiger partial charge in [-0.05, 0) is 24.3 Å². The Morgan fingerprint density at radius 1 is 1.45 bits per heavy atom. The number of hydrogen-bond donors (Lipinski definition) is 0. The molecule has 3 heteroatoms. The normalized spacial score (nSPS) is 22.0. The maximum absolute atomic E-state index is 12.8. The number of ether oxygens (including phenoxy) is 1. The fraction of sp³-hybridized carbons (Fsp3) is 0.529. The molecule has 0 saturated heterocycles. The highest BCUT2D eigenvalue weighted by molar-refractivity contribution is 5.91. The molecule has 0 N–H and O–H groups in total. The lowest BCUT2D eigenvalue weighted by Gasteiger charge is -2.27. The molecular formula is C17H21NO2. The van der Waals surface area contributed by atoms with Crippen LogP contribution in [0.2, 0.25) is 0 Å². The number of hydrogen-bond acceptors (Lipinski definition) is 3. The third kappa shape index (κ3) is 2.56. The highest BCUT2D eigenvalue weighted by Crippen LogP contribution is 2.45. The Kier molecular flexibility index (Phi) is 4.13. The maximum atomic E-state index is 12.8. The van der Waals surface area contributed by atoms with Crippen molar-refractivity contribution in [3.8, 4) is 11.8 Å². The first-order chi connectivity index (χ1) is 9.51. The van der Waals surface area contributed by atoms with E-state index in [0.717, 1.165) is 19.3 Å².